The van der Waals surface area contributed by atoms with E-state index in [0.717, 1.165) is 5.76 Å². The summed E-state index contributed by atoms with van der Waals surface area (Å²) in [7, 11) is 0. The Morgan fingerprint density at radius 2 is 1.76 bits per heavy atom. The van der Waals surface area contributed by atoms with Crippen molar-refractivity contribution in [3.63, 3.8) is 0 Å². The lowest BCUT2D eigenvalue weighted by Crippen LogP contribution is -2.51. The molecular weight excluding hydrogens is 504 g/mol. The maximum absolute atomic E-state index is 13.7. The van der Waals surface area contributed by atoms with Gasteiger partial charge in [-0.15, -0.1) is 0 Å². The number of aliphatic carboxylic acids is 1. The molecule has 1 amide bonds. The van der Waals surface area contributed by atoms with Crippen molar-refractivity contribution in [3.05, 3.63) is 53.0 Å². The molecule has 1 fully saturated rings. The van der Waals surface area contributed by atoms with Gasteiger partial charge in [-0.25, -0.2) is 8.78 Å². The highest BCUT2D eigenvalue weighted by molar-refractivity contribution is 5.93. The van der Waals surface area contributed by atoms with Gasteiger partial charge in [0.2, 0.25) is 17.5 Å². The molecule has 1 aromatic carbocycles. The molecule has 1 aromatic heterocycles. The highest BCUT2D eigenvalue weighted by atomic mass is 19.2. The van der Waals surface area contributed by atoms with E-state index in [1.54, 1.807) is 19.1 Å². The number of ketones is 2. The van der Waals surface area contributed by atoms with Gasteiger partial charge in [-0.05, 0) is 19.1 Å². The SMILES string of the molecule is Cc1ccc(CN2CCN(CC(=O)C[C@@H](CC(=O)O)C(=O)COc3c(F)c(F)cc(F)c3F)C(=O)C2)o1. The van der Waals surface area contributed by atoms with Crippen LogP contribution in [-0.4, -0.2) is 71.1 Å². The summed E-state index contributed by atoms with van der Waals surface area (Å²) in [4.78, 5) is 51.9. The van der Waals surface area contributed by atoms with Crippen molar-refractivity contribution in [2.45, 2.75) is 26.3 Å². The first kappa shape index (κ1) is 27.8. The van der Waals surface area contributed by atoms with E-state index < -0.39 is 71.9 Å². The number of furan rings is 1. The Balaban J connectivity index is 1.56. The number of benzene rings is 1. The van der Waals surface area contributed by atoms with Crippen LogP contribution in [0.3, 0.4) is 0 Å². The van der Waals surface area contributed by atoms with Gasteiger partial charge in [0.25, 0.3) is 0 Å². The van der Waals surface area contributed by atoms with E-state index in [1.807, 2.05) is 4.90 Å². The predicted molar refractivity (Wildman–Crippen MR) is 117 cm³/mol. The fraction of sp³-hybridized carbons (Fsp3) is 0.417. The number of aryl methyl sites for hydroxylation is 1. The van der Waals surface area contributed by atoms with E-state index in [9.17, 15) is 36.7 Å². The zero-order valence-corrected chi connectivity index (χ0v) is 19.8. The summed E-state index contributed by atoms with van der Waals surface area (Å²) in [6, 6.07) is 3.56. The zero-order chi connectivity index (χ0) is 27.3. The largest absolute Gasteiger partial charge is 0.481 e. The molecule has 2 heterocycles. The van der Waals surface area contributed by atoms with Crippen molar-refractivity contribution >= 4 is 23.4 Å². The van der Waals surface area contributed by atoms with E-state index in [2.05, 4.69) is 4.74 Å². The summed E-state index contributed by atoms with van der Waals surface area (Å²) < 4.78 is 64.3. The van der Waals surface area contributed by atoms with Crippen molar-refractivity contribution in [2.24, 2.45) is 5.92 Å². The molecule has 1 atom stereocenters. The van der Waals surface area contributed by atoms with Crippen LogP contribution in [0.4, 0.5) is 17.6 Å². The van der Waals surface area contributed by atoms with E-state index in [0.29, 0.717) is 18.8 Å². The maximum atomic E-state index is 13.7. The fourth-order valence-corrected chi connectivity index (χ4v) is 3.85. The Labute approximate surface area is 208 Å². The number of Topliss-reactive ketones (excluding diaryl/α,β-unsaturated/α-hetero) is 2. The normalized spacial score (nSPS) is 15.1. The monoisotopic (exact) mass is 528 g/mol. The van der Waals surface area contributed by atoms with Gasteiger partial charge in [-0.2, -0.15) is 8.78 Å². The minimum absolute atomic E-state index is 0.0275. The molecule has 0 radical (unpaired) electrons. The van der Waals surface area contributed by atoms with Crippen molar-refractivity contribution in [1.29, 1.82) is 0 Å². The smallest absolute Gasteiger partial charge is 0.304 e. The van der Waals surface area contributed by atoms with Gasteiger partial charge in [0, 0.05) is 31.5 Å². The minimum Gasteiger partial charge on any atom is -0.481 e. The minimum atomic E-state index is -1.86. The first-order valence-electron chi connectivity index (χ1n) is 11.2. The number of piperazine rings is 1. The first-order chi connectivity index (χ1) is 17.4. The Kier molecular flexibility index (Phi) is 9.03. The molecule has 2 aromatic rings. The molecule has 1 aliphatic heterocycles. The second-order valence-electron chi connectivity index (χ2n) is 8.63. The van der Waals surface area contributed by atoms with Crippen LogP contribution in [0.5, 0.6) is 5.75 Å². The number of hydrogen-bond acceptors (Lipinski definition) is 7. The Morgan fingerprint density at radius 3 is 2.32 bits per heavy atom. The molecular formula is C24H24F4N2O7. The van der Waals surface area contributed by atoms with Crippen LogP contribution in [0, 0.1) is 36.1 Å². The van der Waals surface area contributed by atoms with Gasteiger partial charge in [-0.3, -0.25) is 24.1 Å². The Morgan fingerprint density at radius 1 is 1.08 bits per heavy atom. The average Bonchev–Trinajstić information content (AvgIpc) is 3.23. The number of rotatable bonds is 12. The number of carboxylic acid groups (broad SMARTS) is 1. The third kappa shape index (κ3) is 7.38. The summed E-state index contributed by atoms with van der Waals surface area (Å²) in [5.74, 6) is -12.1. The third-order valence-electron chi connectivity index (χ3n) is 5.72. The number of carbonyl (C=O) groups excluding carboxylic acids is 3. The van der Waals surface area contributed by atoms with Crippen LogP contribution in [0.25, 0.3) is 0 Å². The van der Waals surface area contributed by atoms with Gasteiger partial charge >= 0.3 is 5.97 Å². The van der Waals surface area contributed by atoms with Crippen LogP contribution in [0.1, 0.15) is 24.4 Å². The lowest BCUT2D eigenvalue weighted by molar-refractivity contribution is -0.143. The molecule has 3 rings (SSSR count). The average molecular weight is 528 g/mol. The van der Waals surface area contributed by atoms with Crippen molar-refractivity contribution in [1.82, 2.24) is 9.80 Å². The van der Waals surface area contributed by atoms with Gasteiger partial charge in [0.05, 0.1) is 26.1 Å². The van der Waals surface area contributed by atoms with E-state index in [-0.39, 0.29) is 31.6 Å². The molecule has 37 heavy (non-hydrogen) atoms. The van der Waals surface area contributed by atoms with E-state index >= 15 is 0 Å². The molecule has 1 saturated heterocycles. The number of carbonyl (C=O) groups is 4. The predicted octanol–water partition coefficient (Wildman–Crippen LogP) is 2.49. The molecule has 0 unspecified atom stereocenters. The number of ether oxygens (including phenoxy) is 1. The van der Waals surface area contributed by atoms with Crippen molar-refractivity contribution in [3.8, 4) is 5.75 Å². The quantitative estimate of drug-likeness (QED) is 0.330. The van der Waals surface area contributed by atoms with Crippen LogP contribution in [-0.2, 0) is 25.7 Å². The molecule has 1 aliphatic rings. The topological polar surface area (TPSA) is 117 Å². The van der Waals surface area contributed by atoms with Gasteiger partial charge < -0.3 is 19.2 Å². The van der Waals surface area contributed by atoms with Crippen LogP contribution >= 0.6 is 0 Å². The molecule has 13 heteroatoms. The molecule has 200 valence electrons. The summed E-state index contributed by atoms with van der Waals surface area (Å²) in [6.45, 7) is 1.40. The summed E-state index contributed by atoms with van der Waals surface area (Å²) in [5.41, 5.74) is 0. The number of amides is 1. The van der Waals surface area contributed by atoms with E-state index in [4.69, 9.17) is 9.52 Å². The molecule has 0 spiro atoms. The number of halogens is 4. The highest BCUT2D eigenvalue weighted by Crippen LogP contribution is 2.27. The van der Waals surface area contributed by atoms with Crippen LogP contribution < -0.4 is 4.74 Å². The van der Waals surface area contributed by atoms with Gasteiger partial charge in [0.1, 0.15) is 18.1 Å². The number of hydrogen-bond donors (Lipinski definition) is 1. The molecule has 9 nitrogen and oxygen atoms in total. The van der Waals surface area contributed by atoms with Crippen LogP contribution in [0.2, 0.25) is 0 Å². The zero-order valence-electron chi connectivity index (χ0n) is 19.8. The molecule has 0 saturated carbocycles. The molecule has 0 aliphatic carbocycles. The number of nitrogens with zero attached hydrogens (tertiary/aromatic N) is 2. The standard InChI is InChI=1S/C24H24F4N2O7/c1-13-2-3-16(37-13)10-29-4-5-30(20(33)11-29)9-15(31)6-14(7-21(34)35)19(32)12-36-24-22(27)17(25)8-18(26)23(24)28/h2-3,8,14H,4-7,9-12H2,1H3,(H,34,35)/t14-/m0/s1. The maximum Gasteiger partial charge on any atom is 0.304 e. The van der Waals surface area contributed by atoms with Crippen molar-refractivity contribution < 1.29 is 51.0 Å². The second-order valence-corrected chi connectivity index (χ2v) is 8.63. The van der Waals surface area contributed by atoms with Crippen LogP contribution in [0.15, 0.2) is 22.6 Å². The molecule has 1 N–H and O–H groups in total. The molecule has 0 bridgehead atoms. The summed E-state index contributed by atoms with van der Waals surface area (Å²) in [5, 5.41) is 9.11. The fourth-order valence-electron chi connectivity index (χ4n) is 3.85. The summed E-state index contributed by atoms with van der Waals surface area (Å²) >= 11 is 0. The van der Waals surface area contributed by atoms with Gasteiger partial charge in [0.15, 0.2) is 29.0 Å². The van der Waals surface area contributed by atoms with Gasteiger partial charge in [-0.1, -0.05) is 0 Å². The second kappa shape index (κ2) is 12.0. The lowest BCUT2D eigenvalue weighted by Gasteiger charge is -2.33. The lowest BCUT2D eigenvalue weighted by atomic mass is 9.94. The van der Waals surface area contributed by atoms with Crippen molar-refractivity contribution in [2.75, 3.05) is 32.8 Å². The Bertz CT molecular complexity index is 1170. The number of carboxylic acids is 1. The highest BCUT2D eigenvalue weighted by Gasteiger charge is 2.30. The Hall–Kier alpha value is -3.74. The third-order valence-corrected chi connectivity index (χ3v) is 5.72. The first-order valence-corrected chi connectivity index (χ1v) is 11.2. The summed E-state index contributed by atoms with van der Waals surface area (Å²) in [6.07, 6.45) is -1.39. The van der Waals surface area contributed by atoms with E-state index in [1.165, 1.54) is 4.90 Å².